The molecule has 1 aromatic carbocycles. The number of amides is 2. The number of hydrogen-bond acceptors (Lipinski definition) is 4. The van der Waals surface area contributed by atoms with E-state index >= 15 is 0 Å². The molecular weight excluding hydrogens is 298 g/mol. The number of nitrogens with one attached hydrogen (secondary N) is 2. The van der Waals surface area contributed by atoms with Crippen LogP contribution in [-0.2, 0) is 10.2 Å². The van der Waals surface area contributed by atoms with Crippen molar-refractivity contribution >= 4 is 28.7 Å². The lowest BCUT2D eigenvalue weighted by Gasteiger charge is -2.19. The van der Waals surface area contributed by atoms with Crippen LogP contribution in [0.25, 0.3) is 0 Å². The van der Waals surface area contributed by atoms with Gasteiger partial charge in [0.25, 0.3) is 5.91 Å². The standard InChI is InChI=1S/C16H21N3O2S/c1-16(2,3)12-6-4-11(5-7-12)14(21)18-10-13(20)19-15-17-8-9-22-15/h4-7H,8-10H2,1-3H3,(H,18,21)(H,17,19,20). The van der Waals surface area contributed by atoms with Gasteiger partial charge in [-0.15, -0.1) is 0 Å². The van der Waals surface area contributed by atoms with E-state index in [9.17, 15) is 9.59 Å². The highest BCUT2D eigenvalue weighted by Gasteiger charge is 2.15. The summed E-state index contributed by atoms with van der Waals surface area (Å²) in [6.45, 7) is 7.04. The number of carbonyl (C=O) groups is 2. The van der Waals surface area contributed by atoms with Crippen LogP contribution in [0.4, 0.5) is 0 Å². The molecule has 118 valence electrons. The van der Waals surface area contributed by atoms with E-state index < -0.39 is 0 Å². The lowest BCUT2D eigenvalue weighted by molar-refractivity contribution is -0.118. The van der Waals surface area contributed by atoms with E-state index in [0.717, 1.165) is 17.9 Å². The first-order chi connectivity index (χ1) is 10.4. The van der Waals surface area contributed by atoms with Gasteiger partial charge in [0, 0.05) is 11.3 Å². The molecule has 0 saturated heterocycles. The molecule has 0 aliphatic carbocycles. The predicted molar refractivity (Wildman–Crippen MR) is 90.4 cm³/mol. The van der Waals surface area contributed by atoms with Crippen LogP contribution in [0, 0.1) is 0 Å². The zero-order valence-corrected chi connectivity index (χ0v) is 13.9. The molecule has 0 radical (unpaired) electrons. The molecule has 1 aliphatic heterocycles. The third kappa shape index (κ3) is 4.59. The van der Waals surface area contributed by atoms with Crippen molar-refractivity contribution in [3.05, 3.63) is 35.4 Å². The molecular formula is C16H21N3O2S. The van der Waals surface area contributed by atoms with Gasteiger partial charge in [0.2, 0.25) is 5.91 Å². The number of amidine groups is 1. The third-order valence-electron chi connectivity index (χ3n) is 3.25. The van der Waals surface area contributed by atoms with Crippen LogP contribution in [0.2, 0.25) is 0 Å². The van der Waals surface area contributed by atoms with Crippen molar-refractivity contribution in [3.8, 4) is 0 Å². The molecule has 6 heteroatoms. The second kappa shape index (κ2) is 6.96. The lowest BCUT2D eigenvalue weighted by atomic mass is 9.87. The van der Waals surface area contributed by atoms with Crippen LogP contribution in [0.3, 0.4) is 0 Å². The Bertz CT molecular complexity index is 588. The van der Waals surface area contributed by atoms with Gasteiger partial charge in [-0.2, -0.15) is 0 Å². The van der Waals surface area contributed by atoms with Crippen LogP contribution in [-0.4, -0.2) is 35.8 Å². The zero-order valence-electron chi connectivity index (χ0n) is 13.1. The van der Waals surface area contributed by atoms with Crippen molar-refractivity contribution < 1.29 is 9.59 Å². The minimum Gasteiger partial charge on any atom is -0.343 e. The maximum Gasteiger partial charge on any atom is 0.251 e. The quantitative estimate of drug-likeness (QED) is 0.894. The van der Waals surface area contributed by atoms with Crippen molar-refractivity contribution in [2.24, 2.45) is 4.99 Å². The SMILES string of the molecule is CC(C)(C)c1ccc(C(=O)NCC(=O)NC2=NCCS2)cc1. The Hall–Kier alpha value is -1.82. The summed E-state index contributed by atoms with van der Waals surface area (Å²) in [7, 11) is 0. The van der Waals surface area contributed by atoms with Crippen LogP contribution in [0.1, 0.15) is 36.7 Å². The summed E-state index contributed by atoms with van der Waals surface area (Å²) in [6.07, 6.45) is 0. The number of rotatable bonds is 3. The molecule has 22 heavy (non-hydrogen) atoms. The summed E-state index contributed by atoms with van der Waals surface area (Å²) < 4.78 is 0. The fourth-order valence-corrected chi connectivity index (χ4v) is 2.70. The van der Waals surface area contributed by atoms with Crippen molar-refractivity contribution in [2.75, 3.05) is 18.8 Å². The van der Waals surface area contributed by atoms with Crippen LogP contribution >= 0.6 is 11.8 Å². The first-order valence-corrected chi connectivity index (χ1v) is 8.20. The molecule has 2 amide bonds. The van der Waals surface area contributed by atoms with Crippen molar-refractivity contribution in [1.29, 1.82) is 0 Å². The summed E-state index contributed by atoms with van der Waals surface area (Å²) >= 11 is 1.51. The van der Waals surface area contributed by atoms with Crippen LogP contribution in [0.15, 0.2) is 29.3 Å². The van der Waals surface area contributed by atoms with Gasteiger partial charge in [-0.25, -0.2) is 0 Å². The Kier molecular flexibility index (Phi) is 5.24. The molecule has 1 aliphatic rings. The lowest BCUT2D eigenvalue weighted by Crippen LogP contribution is -2.38. The van der Waals surface area contributed by atoms with E-state index in [2.05, 4.69) is 36.4 Å². The topological polar surface area (TPSA) is 70.6 Å². The second-order valence-electron chi connectivity index (χ2n) is 6.09. The highest BCUT2D eigenvalue weighted by atomic mass is 32.2. The molecule has 0 fully saturated rings. The molecule has 1 aromatic rings. The van der Waals surface area contributed by atoms with Gasteiger partial charge in [0.05, 0.1) is 13.1 Å². The van der Waals surface area contributed by atoms with E-state index in [0.29, 0.717) is 10.7 Å². The Balaban J connectivity index is 1.85. The van der Waals surface area contributed by atoms with Gasteiger partial charge >= 0.3 is 0 Å². The van der Waals surface area contributed by atoms with Crippen LogP contribution in [0.5, 0.6) is 0 Å². The largest absolute Gasteiger partial charge is 0.343 e. The van der Waals surface area contributed by atoms with Gasteiger partial charge in [-0.1, -0.05) is 44.7 Å². The van der Waals surface area contributed by atoms with Gasteiger partial charge in [-0.05, 0) is 23.1 Å². The van der Waals surface area contributed by atoms with Gasteiger partial charge < -0.3 is 10.6 Å². The van der Waals surface area contributed by atoms with E-state index in [1.807, 2.05) is 12.1 Å². The summed E-state index contributed by atoms with van der Waals surface area (Å²) in [6, 6.07) is 7.45. The smallest absolute Gasteiger partial charge is 0.251 e. The van der Waals surface area contributed by atoms with E-state index in [1.165, 1.54) is 11.8 Å². The van der Waals surface area contributed by atoms with E-state index in [-0.39, 0.29) is 23.8 Å². The number of thioether (sulfide) groups is 1. The summed E-state index contributed by atoms with van der Waals surface area (Å²) in [5.41, 5.74) is 1.76. The van der Waals surface area contributed by atoms with Crippen molar-refractivity contribution in [1.82, 2.24) is 10.6 Å². The zero-order chi connectivity index (χ0) is 16.2. The average Bonchev–Trinajstić information content (AvgIpc) is 2.97. The fourth-order valence-electron chi connectivity index (χ4n) is 1.96. The predicted octanol–water partition coefficient (Wildman–Crippen LogP) is 1.93. The van der Waals surface area contributed by atoms with E-state index in [1.54, 1.807) is 12.1 Å². The monoisotopic (exact) mass is 319 g/mol. The van der Waals surface area contributed by atoms with Crippen molar-refractivity contribution in [2.45, 2.75) is 26.2 Å². The Labute approximate surface area is 135 Å². The molecule has 2 rings (SSSR count). The molecule has 0 unspecified atom stereocenters. The number of aliphatic imine (C=N–C) groups is 1. The van der Waals surface area contributed by atoms with Crippen LogP contribution < -0.4 is 10.6 Å². The molecule has 0 aromatic heterocycles. The second-order valence-corrected chi connectivity index (χ2v) is 7.18. The Morgan fingerprint density at radius 3 is 2.45 bits per heavy atom. The number of nitrogens with zero attached hydrogens (tertiary/aromatic N) is 1. The molecule has 1 heterocycles. The maximum atomic E-state index is 12.0. The number of hydrogen-bond donors (Lipinski definition) is 2. The Morgan fingerprint density at radius 2 is 1.91 bits per heavy atom. The average molecular weight is 319 g/mol. The van der Waals surface area contributed by atoms with E-state index in [4.69, 9.17) is 0 Å². The molecule has 0 saturated carbocycles. The first kappa shape index (κ1) is 16.5. The molecule has 5 nitrogen and oxygen atoms in total. The highest BCUT2D eigenvalue weighted by molar-refractivity contribution is 8.14. The molecule has 2 N–H and O–H groups in total. The number of carbonyl (C=O) groups excluding carboxylic acids is 2. The summed E-state index contributed by atoms with van der Waals surface area (Å²) in [5.74, 6) is 0.381. The summed E-state index contributed by atoms with van der Waals surface area (Å²) in [4.78, 5) is 27.8. The van der Waals surface area contributed by atoms with Gasteiger partial charge in [0.1, 0.15) is 0 Å². The molecule has 0 atom stereocenters. The third-order valence-corrected chi connectivity index (χ3v) is 4.15. The van der Waals surface area contributed by atoms with Gasteiger partial charge in [0.15, 0.2) is 5.17 Å². The van der Waals surface area contributed by atoms with Gasteiger partial charge in [-0.3, -0.25) is 14.6 Å². The number of benzene rings is 1. The fraction of sp³-hybridized carbons (Fsp3) is 0.438. The van der Waals surface area contributed by atoms with Crippen molar-refractivity contribution in [3.63, 3.8) is 0 Å². The summed E-state index contributed by atoms with van der Waals surface area (Å²) in [5, 5.41) is 5.92. The highest BCUT2D eigenvalue weighted by Crippen LogP contribution is 2.22. The minimum atomic E-state index is -0.257. The minimum absolute atomic E-state index is 0.0502. The first-order valence-electron chi connectivity index (χ1n) is 7.22. The normalized spacial score (nSPS) is 14.4. The maximum absolute atomic E-state index is 12.0. The molecule has 0 spiro atoms. The molecule has 0 bridgehead atoms. The Morgan fingerprint density at radius 1 is 1.23 bits per heavy atom.